The lowest BCUT2D eigenvalue weighted by atomic mass is 10.2. The zero-order valence-corrected chi connectivity index (χ0v) is 8.23. The van der Waals surface area contributed by atoms with Gasteiger partial charge in [-0.15, -0.1) is 0 Å². The molecular weight excluding hydrogens is 208 g/mol. The highest BCUT2D eigenvalue weighted by Gasteiger charge is 2.13. The van der Waals surface area contributed by atoms with Gasteiger partial charge in [-0.05, 0) is 6.07 Å². The number of hydrogen-bond donors (Lipinski definition) is 2. The Labute approximate surface area is 81.6 Å². The van der Waals surface area contributed by atoms with Gasteiger partial charge in [0.25, 0.3) is 0 Å². The summed E-state index contributed by atoms with van der Waals surface area (Å²) in [5.74, 6) is 0. The molecule has 13 heavy (non-hydrogen) atoms. The Morgan fingerprint density at radius 1 is 1.31 bits per heavy atom. The Kier molecular flexibility index (Phi) is 2.65. The van der Waals surface area contributed by atoms with Crippen molar-refractivity contribution < 1.29 is 8.42 Å². The highest BCUT2D eigenvalue weighted by atomic mass is 32.2. The zero-order chi connectivity index (χ0) is 10.1. The van der Waals surface area contributed by atoms with E-state index in [1.807, 2.05) is 0 Å². The largest absolute Gasteiger partial charge is 0.389 e. The van der Waals surface area contributed by atoms with Crippen LogP contribution in [0.15, 0.2) is 29.2 Å². The predicted molar refractivity (Wildman–Crippen MR) is 53.7 cm³/mol. The lowest BCUT2D eigenvalue weighted by molar-refractivity contribution is 0.597. The highest BCUT2D eigenvalue weighted by molar-refractivity contribution is 7.89. The first-order chi connectivity index (χ1) is 5.93. The molecule has 70 valence electrons. The summed E-state index contributed by atoms with van der Waals surface area (Å²) in [6.45, 7) is 0. The summed E-state index contributed by atoms with van der Waals surface area (Å²) in [4.78, 5) is -0.0212. The summed E-state index contributed by atoms with van der Waals surface area (Å²) in [5.41, 5.74) is 5.60. The number of hydrogen-bond acceptors (Lipinski definition) is 3. The SMILES string of the molecule is NC(=S)c1ccccc1S(N)(=O)=O. The molecule has 0 fully saturated rings. The molecule has 1 aromatic carbocycles. The van der Waals surface area contributed by atoms with Crippen LogP contribution in [0, 0.1) is 0 Å². The minimum Gasteiger partial charge on any atom is -0.389 e. The number of rotatable bonds is 2. The zero-order valence-electron chi connectivity index (χ0n) is 6.60. The van der Waals surface area contributed by atoms with E-state index >= 15 is 0 Å². The van der Waals surface area contributed by atoms with E-state index in [4.69, 9.17) is 10.9 Å². The minimum absolute atomic E-state index is 0.0182. The maximum Gasteiger partial charge on any atom is 0.238 e. The lowest BCUT2D eigenvalue weighted by Gasteiger charge is -2.04. The summed E-state index contributed by atoms with van der Waals surface area (Å²) < 4.78 is 22.0. The molecule has 4 nitrogen and oxygen atoms in total. The molecule has 0 unspecified atom stereocenters. The first-order valence-electron chi connectivity index (χ1n) is 3.34. The number of primary sulfonamides is 1. The van der Waals surface area contributed by atoms with Gasteiger partial charge in [0, 0.05) is 5.56 Å². The fourth-order valence-corrected chi connectivity index (χ4v) is 1.91. The topological polar surface area (TPSA) is 86.2 Å². The van der Waals surface area contributed by atoms with Crippen molar-refractivity contribution in [3.05, 3.63) is 29.8 Å². The molecule has 6 heteroatoms. The average Bonchev–Trinajstić information content (AvgIpc) is 2.03. The van der Waals surface area contributed by atoms with Gasteiger partial charge in [-0.25, -0.2) is 13.6 Å². The van der Waals surface area contributed by atoms with Crippen molar-refractivity contribution in [1.29, 1.82) is 0 Å². The van der Waals surface area contributed by atoms with E-state index in [1.165, 1.54) is 12.1 Å². The molecule has 0 radical (unpaired) electrons. The highest BCUT2D eigenvalue weighted by Crippen LogP contribution is 2.12. The third kappa shape index (κ3) is 2.24. The smallest absolute Gasteiger partial charge is 0.238 e. The normalized spacial score (nSPS) is 11.2. The van der Waals surface area contributed by atoms with Crippen LogP contribution in [0.25, 0.3) is 0 Å². The Morgan fingerprint density at radius 3 is 2.23 bits per heavy atom. The molecule has 0 saturated carbocycles. The van der Waals surface area contributed by atoms with Crippen LogP contribution in [-0.2, 0) is 10.0 Å². The van der Waals surface area contributed by atoms with Crippen molar-refractivity contribution in [2.45, 2.75) is 4.90 Å². The molecule has 1 rings (SSSR count). The quantitative estimate of drug-likeness (QED) is 0.680. The number of benzene rings is 1. The molecule has 0 aliphatic rings. The minimum atomic E-state index is -3.75. The van der Waals surface area contributed by atoms with E-state index in [0.717, 1.165) is 0 Å². The maximum atomic E-state index is 11.0. The van der Waals surface area contributed by atoms with Crippen LogP contribution >= 0.6 is 12.2 Å². The maximum absolute atomic E-state index is 11.0. The second-order valence-corrected chi connectivity index (χ2v) is 4.38. The van der Waals surface area contributed by atoms with Crippen LogP contribution in [-0.4, -0.2) is 13.4 Å². The summed E-state index contributed by atoms with van der Waals surface area (Å²) >= 11 is 4.68. The van der Waals surface area contributed by atoms with Crippen molar-refractivity contribution in [2.24, 2.45) is 10.9 Å². The lowest BCUT2D eigenvalue weighted by Crippen LogP contribution is -2.19. The molecule has 0 aliphatic heterocycles. The van der Waals surface area contributed by atoms with E-state index in [9.17, 15) is 8.42 Å². The van der Waals surface area contributed by atoms with Gasteiger partial charge in [0.15, 0.2) is 0 Å². The number of thiocarbonyl (C=S) groups is 1. The molecular formula is C7H8N2O2S2. The molecule has 4 N–H and O–H groups in total. The molecule has 0 aromatic heterocycles. The summed E-state index contributed by atoms with van der Waals surface area (Å²) in [6, 6.07) is 6.08. The second-order valence-electron chi connectivity index (χ2n) is 2.41. The van der Waals surface area contributed by atoms with E-state index in [1.54, 1.807) is 12.1 Å². The third-order valence-corrected chi connectivity index (χ3v) is 2.65. The van der Waals surface area contributed by atoms with Crippen molar-refractivity contribution in [1.82, 2.24) is 0 Å². The van der Waals surface area contributed by atoms with E-state index in [-0.39, 0.29) is 15.4 Å². The van der Waals surface area contributed by atoms with Gasteiger partial charge in [0.2, 0.25) is 10.0 Å². The molecule has 0 bridgehead atoms. The summed E-state index contributed by atoms with van der Waals surface area (Å²) in [7, 11) is -3.75. The number of nitrogens with two attached hydrogens (primary N) is 2. The van der Waals surface area contributed by atoms with Gasteiger partial charge in [-0.1, -0.05) is 30.4 Å². The average molecular weight is 216 g/mol. The molecule has 0 atom stereocenters. The van der Waals surface area contributed by atoms with Crippen molar-refractivity contribution >= 4 is 27.2 Å². The molecule has 1 aromatic rings. The molecule has 0 saturated heterocycles. The van der Waals surface area contributed by atoms with Crippen molar-refractivity contribution in [2.75, 3.05) is 0 Å². The summed E-state index contributed by atoms with van der Waals surface area (Å²) in [5, 5.41) is 4.95. The van der Waals surface area contributed by atoms with Crippen molar-refractivity contribution in [3.63, 3.8) is 0 Å². The van der Waals surface area contributed by atoms with Gasteiger partial charge in [-0.2, -0.15) is 0 Å². The second kappa shape index (κ2) is 3.41. The molecule has 0 spiro atoms. The Hall–Kier alpha value is -0.980. The van der Waals surface area contributed by atoms with Crippen LogP contribution in [0.4, 0.5) is 0 Å². The van der Waals surface area contributed by atoms with Gasteiger partial charge >= 0.3 is 0 Å². The van der Waals surface area contributed by atoms with Gasteiger partial charge in [-0.3, -0.25) is 0 Å². The standard InChI is InChI=1S/C7H8N2O2S2/c8-7(12)5-3-1-2-4-6(5)13(9,10)11/h1-4H,(H2,8,12)(H2,9,10,11). The Bertz CT molecular complexity index is 440. The fourth-order valence-electron chi connectivity index (χ4n) is 0.918. The molecule has 0 amide bonds. The monoisotopic (exact) mass is 216 g/mol. The Balaban J connectivity index is 3.46. The first-order valence-corrected chi connectivity index (χ1v) is 5.30. The van der Waals surface area contributed by atoms with Gasteiger partial charge < -0.3 is 5.73 Å². The molecule has 0 aliphatic carbocycles. The van der Waals surface area contributed by atoms with Gasteiger partial charge in [0.1, 0.15) is 4.99 Å². The van der Waals surface area contributed by atoms with Crippen LogP contribution in [0.5, 0.6) is 0 Å². The van der Waals surface area contributed by atoms with Crippen LogP contribution in [0.3, 0.4) is 0 Å². The third-order valence-electron chi connectivity index (χ3n) is 1.46. The predicted octanol–water partition coefficient (Wildman–Crippen LogP) is -0.0318. The van der Waals surface area contributed by atoms with Crippen LogP contribution in [0.1, 0.15) is 5.56 Å². The summed E-state index contributed by atoms with van der Waals surface area (Å²) in [6.07, 6.45) is 0. The van der Waals surface area contributed by atoms with E-state index < -0.39 is 10.0 Å². The van der Waals surface area contributed by atoms with Crippen molar-refractivity contribution in [3.8, 4) is 0 Å². The first kappa shape index (κ1) is 10.1. The van der Waals surface area contributed by atoms with E-state index in [2.05, 4.69) is 12.2 Å². The van der Waals surface area contributed by atoms with Gasteiger partial charge in [0.05, 0.1) is 4.90 Å². The van der Waals surface area contributed by atoms with Crippen LogP contribution in [0.2, 0.25) is 0 Å². The Morgan fingerprint density at radius 2 is 1.85 bits per heavy atom. The fraction of sp³-hybridized carbons (Fsp3) is 0. The number of sulfonamides is 1. The van der Waals surface area contributed by atoms with E-state index in [0.29, 0.717) is 0 Å². The van der Waals surface area contributed by atoms with Crippen LogP contribution < -0.4 is 10.9 Å². The molecule has 0 heterocycles.